The van der Waals surface area contributed by atoms with Crippen LogP contribution in [-0.2, 0) is 9.84 Å². The molecular weight excluding hydrogens is 372 g/mol. The summed E-state index contributed by atoms with van der Waals surface area (Å²) >= 11 is 5.96. The van der Waals surface area contributed by atoms with E-state index in [1.54, 1.807) is 0 Å². The number of rotatable bonds is 3. The molecule has 0 spiro atoms. The van der Waals surface area contributed by atoms with Crippen molar-refractivity contribution in [1.29, 1.82) is 0 Å². The molecule has 2 aromatic rings. The molecule has 0 fully saturated rings. The Bertz CT molecular complexity index is 938. The maximum absolute atomic E-state index is 14.2. The van der Waals surface area contributed by atoms with Crippen molar-refractivity contribution in [2.75, 3.05) is 10.7 Å². The fourth-order valence-corrected chi connectivity index (χ4v) is 4.12. The van der Waals surface area contributed by atoms with Crippen LogP contribution in [0.25, 0.3) is 0 Å². The highest BCUT2D eigenvalue weighted by Gasteiger charge is 2.33. The zero-order chi connectivity index (χ0) is 18.2. The molecule has 1 heterocycles. The number of anilines is 1. The molecule has 0 saturated carbocycles. The van der Waals surface area contributed by atoms with Crippen molar-refractivity contribution in [1.82, 2.24) is 0 Å². The van der Waals surface area contributed by atoms with Gasteiger partial charge >= 0.3 is 0 Å². The molecule has 0 saturated heterocycles. The lowest BCUT2D eigenvalue weighted by atomic mass is 10.1. The summed E-state index contributed by atoms with van der Waals surface area (Å²) < 4.78 is 50.8. The van der Waals surface area contributed by atoms with Gasteiger partial charge in [0.05, 0.1) is 22.4 Å². The van der Waals surface area contributed by atoms with Crippen molar-refractivity contribution in [2.24, 2.45) is 0 Å². The number of nitrogens with zero attached hydrogens (tertiary/aromatic N) is 1. The number of amides is 1. The van der Waals surface area contributed by atoms with Crippen LogP contribution >= 0.6 is 11.6 Å². The smallest absolute Gasteiger partial charge is 0.263 e. The third-order valence-corrected chi connectivity index (χ3v) is 5.44. The minimum Gasteiger partial charge on any atom is -0.300 e. The average molecular weight is 384 g/mol. The van der Waals surface area contributed by atoms with Crippen LogP contribution in [0.3, 0.4) is 0 Å². The van der Waals surface area contributed by atoms with Gasteiger partial charge in [0.1, 0.15) is 11.6 Å². The van der Waals surface area contributed by atoms with Crippen molar-refractivity contribution in [2.45, 2.75) is 6.04 Å². The normalized spacial score (nSPS) is 18.3. The third-order valence-electron chi connectivity index (χ3n) is 3.74. The molecule has 1 aliphatic rings. The Kier molecular flexibility index (Phi) is 4.62. The SMILES string of the molecule is O=C(c1c(F)cccc1Cl)N(c1ccc(F)cc1)C1C=CS(=O)(=O)C1. The largest absolute Gasteiger partial charge is 0.300 e. The van der Waals surface area contributed by atoms with Crippen LogP contribution < -0.4 is 4.90 Å². The van der Waals surface area contributed by atoms with Crippen molar-refractivity contribution in [3.8, 4) is 0 Å². The number of carbonyl (C=O) groups excluding carboxylic acids is 1. The Balaban J connectivity index is 2.10. The highest BCUT2D eigenvalue weighted by atomic mass is 35.5. The molecule has 1 unspecified atom stereocenters. The molecule has 4 nitrogen and oxygen atoms in total. The van der Waals surface area contributed by atoms with Gasteiger partial charge in [-0.1, -0.05) is 17.7 Å². The summed E-state index contributed by atoms with van der Waals surface area (Å²) in [6.45, 7) is 0. The Hall–Kier alpha value is -2.25. The maximum Gasteiger partial charge on any atom is 0.263 e. The molecule has 3 rings (SSSR count). The average Bonchev–Trinajstić information content (AvgIpc) is 2.89. The van der Waals surface area contributed by atoms with Gasteiger partial charge in [-0.15, -0.1) is 0 Å². The molecule has 1 amide bonds. The van der Waals surface area contributed by atoms with E-state index in [0.717, 1.165) is 28.5 Å². The number of hydrogen-bond donors (Lipinski definition) is 0. The number of halogens is 3. The van der Waals surface area contributed by atoms with Crippen molar-refractivity contribution >= 4 is 33.0 Å². The molecule has 25 heavy (non-hydrogen) atoms. The summed E-state index contributed by atoms with van der Waals surface area (Å²) in [6, 6.07) is 7.86. The molecule has 0 radical (unpaired) electrons. The van der Waals surface area contributed by atoms with Crippen molar-refractivity contribution in [3.63, 3.8) is 0 Å². The van der Waals surface area contributed by atoms with Crippen LogP contribution in [-0.4, -0.2) is 26.1 Å². The van der Waals surface area contributed by atoms with Crippen LogP contribution in [0.5, 0.6) is 0 Å². The van der Waals surface area contributed by atoms with E-state index in [1.807, 2.05) is 0 Å². The van der Waals surface area contributed by atoms with Gasteiger partial charge in [-0.05, 0) is 42.5 Å². The van der Waals surface area contributed by atoms with Gasteiger partial charge in [0.25, 0.3) is 5.91 Å². The summed E-state index contributed by atoms with van der Waals surface area (Å²) in [5.74, 6) is -2.49. The molecule has 1 aliphatic heterocycles. The summed E-state index contributed by atoms with van der Waals surface area (Å²) in [4.78, 5) is 14.1. The Morgan fingerprint density at radius 3 is 2.36 bits per heavy atom. The van der Waals surface area contributed by atoms with Crippen molar-refractivity contribution < 1.29 is 22.0 Å². The summed E-state index contributed by atoms with van der Waals surface area (Å²) in [5.41, 5.74) is -0.136. The third kappa shape index (κ3) is 3.57. The second-order valence-corrected chi connectivity index (χ2v) is 7.81. The standard InChI is InChI=1S/C17H12ClF2NO3S/c18-14-2-1-3-15(20)16(14)17(22)21(12-6-4-11(19)5-7-12)13-8-9-25(23,24)10-13/h1-9,13H,10H2. The van der Waals surface area contributed by atoms with Gasteiger partial charge < -0.3 is 4.90 Å². The van der Waals surface area contributed by atoms with E-state index in [-0.39, 0.29) is 22.0 Å². The highest BCUT2D eigenvalue weighted by molar-refractivity contribution is 7.94. The van der Waals surface area contributed by atoms with E-state index in [1.165, 1.54) is 30.3 Å². The Labute approximate surface area is 148 Å². The van der Waals surface area contributed by atoms with E-state index < -0.39 is 33.4 Å². The lowest BCUT2D eigenvalue weighted by Crippen LogP contribution is -2.41. The molecule has 0 aromatic heterocycles. The van der Waals surface area contributed by atoms with E-state index in [2.05, 4.69) is 0 Å². The molecular formula is C17H12ClF2NO3S. The molecule has 0 bridgehead atoms. The first-order valence-corrected chi connectivity index (χ1v) is 9.32. The lowest BCUT2D eigenvalue weighted by Gasteiger charge is -2.28. The van der Waals surface area contributed by atoms with Crippen LogP contribution in [0.1, 0.15) is 10.4 Å². The van der Waals surface area contributed by atoms with E-state index in [9.17, 15) is 22.0 Å². The van der Waals surface area contributed by atoms with Crippen LogP contribution in [0.4, 0.5) is 14.5 Å². The first-order chi connectivity index (χ1) is 11.8. The van der Waals surface area contributed by atoms with E-state index in [4.69, 9.17) is 11.6 Å². The van der Waals surface area contributed by atoms with Gasteiger partial charge in [0.15, 0.2) is 9.84 Å². The molecule has 2 aromatic carbocycles. The minimum absolute atomic E-state index is 0.0954. The van der Waals surface area contributed by atoms with Crippen molar-refractivity contribution in [3.05, 3.63) is 76.2 Å². The zero-order valence-electron chi connectivity index (χ0n) is 12.7. The first kappa shape index (κ1) is 17.6. The van der Waals surface area contributed by atoms with E-state index in [0.29, 0.717) is 0 Å². The van der Waals surface area contributed by atoms with Gasteiger partial charge in [0.2, 0.25) is 0 Å². The lowest BCUT2D eigenvalue weighted by molar-refractivity contribution is 0.0979. The van der Waals surface area contributed by atoms with Crippen LogP contribution in [0.15, 0.2) is 53.9 Å². The van der Waals surface area contributed by atoms with Gasteiger partial charge in [0, 0.05) is 11.1 Å². The Morgan fingerprint density at radius 1 is 1.12 bits per heavy atom. The molecule has 8 heteroatoms. The quantitative estimate of drug-likeness (QED) is 0.814. The monoisotopic (exact) mass is 383 g/mol. The zero-order valence-corrected chi connectivity index (χ0v) is 14.3. The summed E-state index contributed by atoms with van der Waals surface area (Å²) in [6.07, 6.45) is 1.34. The fourth-order valence-electron chi connectivity index (χ4n) is 2.60. The highest BCUT2D eigenvalue weighted by Crippen LogP contribution is 2.28. The second kappa shape index (κ2) is 6.57. The minimum atomic E-state index is -3.47. The predicted octanol–water partition coefficient (Wildman–Crippen LogP) is 3.58. The number of sulfone groups is 1. The Morgan fingerprint density at radius 2 is 1.80 bits per heavy atom. The molecule has 1 atom stereocenters. The molecule has 130 valence electrons. The summed E-state index contributed by atoms with van der Waals surface area (Å²) in [7, 11) is -3.47. The van der Waals surface area contributed by atoms with Gasteiger partial charge in [-0.3, -0.25) is 4.79 Å². The van der Waals surface area contributed by atoms with Crippen LogP contribution in [0, 0.1) is 11.6 Å². The number of carbonyl (C=O) groups is 1. The molecule has 0 aliphatic carbocycles. The van der Waals surface area contributed by atoms with Crippen LogP contribution in [0.2, 0.25) is 5.02 Å². The number of hydrogen-bond acceptors (Lipinski definition) is 3. The summed E-state index contributed by atoms with van der Waals surface area (Å²) in [5, 5.41) is 0.909. The van der Waals surface area contributed by atoms with E-state index >= 15 is 0 Å². The second-order valence-electron chi connectivity index (χ2n) is 5.47. The fraction of sp³-hybridized carbons (Fsp3) is 0.118. The maximum atomic E-state index is 14.2. The van der Waals surface area contributed by atoms with Gasteiger partial charge in [-0.25, -0.2) is 17.2 Å². The topological polar surface area (TPSA) is 54.5 Å². The predicted molar refractivity (Wildman–Crippen MR) is 91.3 cm³/mol. The van der Waals surface area contributed by atoms with Gasteiger partial charge in [-0.2, -0.15) is 0 Å². The first-order valence-electron chi connectivity index (χ1n) is 7.22. The molecule has 0 N–H and O–H groups in total. The number of benzene rings is 2.